The van der Waals surface area contributed by atoms with Crippen molar-refractivity contribution >= 4 is 28.1 Å². The smallest absolute Gasteiger partial charge is 0.415 e. The maximum absolute atomic E-state index is 12.7. The number of carbonyl (C=O) groups is 1. The van der Waals surface area contributed by atoms with Crippen molar-refractivity contribution in [1.82, 2.24) is 4.90 Å². The van der Waals surface area contributed by atoms with Gasteiger partial charge in [0.15, 0.2) is 28.2 Å². The quantitative estimate of drug-likeness (QED) is 0.107. The molecule has 0 bridgehead atoms. The summed E-state index contributed by atoms with van der Waals surface area (Å²) < 4.78 is 92.9. The molecule has 0 aliphatic heterocycles. The Labute approximate surface area is 272 Å². The number of likely N-dealkylation sites (N-methyl/N-ethyl adjacent to an activating group) is 1. The number of halogens is 3. The van der Waals surface area contributed by atoms with E-state index in [9.17, 15) is 31.7 Å². The van der Waals surface area contributed by atoms with E-state index >= 15 is 0 Å². The Hall–Kier alpha value is -0.210. The van der Waals surface area contributed by atoms with Crippen LogP contribution in [0.3, 0.4) is 0 Å². The summed E-state index contributed by atoms with van der Waals surface area (Å²) >= 11 is 0. The number of alkyl halides is 3. The minimum atomic E-state index is -4.46. The fourth-order valence-electron chi connectivity index (χ4n) is 4.02. The Bertz CT molecular complexity index is 943. The van der Waals surface area contributed by atoms with Crippen LogP contribution in [-0.4, -0.2) is 101 Å². The van der Waals surface area contributed by atoms with Gasteiger partial charge in [0.1, 0.15) is 0 Å². The second kappa shape index (κ2) is 22.4. The third-order valence-corrected chi connectivity index (χ3v) is 8.49. The fourth-order valence-corrected chi connectivity index (χ4v) is 6.81. The summed E-state index contributed by atoms with van der Waals surface area (Å²) in [5, 5.41) is 0. The zero-order valence-electron chi connectivity index (χ0n) is 30.8. The van der Waals surface area contributed by atoms with Crippen LogP contribution < -0.4 is 0 Å². The van der Waals surface area contributed by atoms with Gasteiger partial charge in [0, 0.05) is 46.5 Å². The molecule has 0 heterocycles. The van der Waals surface area contributed by atoms with Crippen molar-refractivity contribution in [3.05, 3.63) is 0 Å². The number of nitrogens with zero attached hydrogens (tertiary/aromatic N) is 1. The van der Waals surface area contributed by atoms with Gasteiger partial charge in [-0.1, -0.05) is 41.5 Å². The largest absolute Gasteiger partial charge is 0.463 e. The average molecular weight is 718 g/mol. The van der Waals surface area contributed by atoms with E-state index < -0.39 is 52.3 Å². The Morgan fingerprint density at radius 2 is 1.16 bits per heavy atom. The number of rotatable bonds is 17. The lowest BCUT2D eigenvalue weighted by molar-refractivity contribution is -0.209. The van der Waals surface area contributed by atoms with Gasteiger partial charge in [-0.15, -0.1) is 0 Å². The molecule has 0 aromatic rings. The Morgan fingerprint density at radius 3 is 1.44 bits per heavy atom. The Balaban J connectivity index is -0.000000589. The van der Waals surface area contributed by atoms with Gasteiger partial charge in [0.25, 0.3) is 0 Å². The molecule has 0 rings (SSSR count). The van der Waals surface area contributed by atoms with Crippen molar-refractivity contribution in [3.8, 4) is 0 Å². The molecular weight excluding hydrogens is 652 g/mol. The normalized spacial score (nSPS) is 16.2. The number of ether oxygens (including phenoxy) is 1. The molecule has 9 nitrogen and oxygen atoms in total. The van der Waals surface area contributed by atoms with Crippen molar-refractivity contribution in [2.24, 2.45) is 17.8 Å². The minimum absolute atomic E-state index is 0.107. The highest BCUT2D eigenvalue weighted by molar-refractivity contribution is 7.57. The first-order chi connectivity index (χ1) is 20.0. The molecular formula is C30H65F3NO8P3. The van der Waals surface area contributed by atoms with Gasteiger partial charge in [-0.05, 0) is 65.5 Å². The zero-order chi connectivity index (χ0) is 36.6. The van der Waals surface area contributed by atoms with Crippen LogP contribution in [0.15, 0.2) is 0 Å². The molecule has 0 spiro atoms. The predicted octanol–water partition coefficient (Wildman–Crippen LogP) is 9.33. The van der Waals surface area contributed by atoms with Crippen LogP contribution in [0.4, 0.5) is 13.2 Å². The maximum Gasteiger partial charge on any atom is 0.415 e. The first-order valence-corrected chi connectivity index (χ1v) is 23.2. The summed E-state index contributed by atoms with van der Waals surface area (Å²) in [5.41, 5.74) is 0. The van der Waals surface area contributed by atoms with Crippen molar-refractivity contribution in [1.29, 1.82) is 0 Å². The van der Waals surface area contributed by atoms with E-state index in [1.807, 2.05) is 13.8 Å². The molecule has 0 N–H and O–H groups in total. The summed E-state index contributed by atoms with van der Waals surface area (Å²) in [5.74, 6) is -1.25. The number of esters is 1. The maximum atomic E-state index is 12.7. The monoisotopic (exact) mass is 717 g/mol. The zero-order valence-corrected chi connectivity index (χ0v) is 33.4. The summed E-state index contributed by atoms with van der Waals surface area (Å²) in [4.78, 5) is 13.8. The molecule has 0 saturated carbocycles. The number of hydrogen-bond acceptors (Lipinski definition) is 9. The fraction of sp³-hybridized carbons (Fsp3) is 0.967. The highest BCUT2D eigenvalue weighted by atomic mass is 31.2. The van der Waals surface area contributed by atoms with E-state index in [4.69, 9.17) is 18.3 Å². The van der Waals surface area contributed by atoms with Crippen molar-refractivity contribution in [2.45, 2.75) is 113 Å². The van der Waals surface area contributed by atoms with Gasteiger partial charge in [-0.3, -0.25) is 18.5 Å². The molecule has 0 radical (unpaired) electrons. The van der Waals surface area contributed by atoms with E-state index in [1.54, 1.807) is 41.0 Å². The number of hydrogen-bond donors (Lipinski definition) is 0. The van der Waals surface area contributed by atoms with E-state index in [0.29, 0.717) is 6.42 Å². The van der Waals surface area contributed by atoms with E-state index in [2.05, 4.69) is 25.7 Å². The standard InChI is InChI=1S/C10H20F3O2P.C10H24NO2P.C10H21O4P/c1-7(2)6-8(3)9(10(11,12)13)15-16(4,5)14;1-6-10(13-14(4,5)12)9-11(7-2)8-3;1-7(2)13-10(11)8(3)9(4)14-15(5,6)12/h7-9H,6H2,1-5H3;10H,6-9H2,1-5H3;7-9H,1-6H3. The summed E-state index contributed by atoms with van der Waals surface area (Å²) in [6, 6.07) is 0. The SMILES string of the molecule is CC(C)CC(C)C(OP(C)(C)=O)C(F)(F)F.CC(C)OC(=O)C(C)C(C)OP(C)(C)=O.CCC(CN(CC)CC)OP(C)(C)=O. The molecule has 5 atom stereocenters. The Morgan fingerprint density at radius 1 is 0.733 bits per heavy atom. The molecule has 15 heteroatoms. The molecule has 0 aromatic heterocycles. The van der Waals surface area contributed by atoms with Gasteiger partial charge in [0.2, 0.25) is 0 Å². The molecule has 5 unspecified atom stereocenters. The molecule has 45 heavy (non-hydrogen) atoms. The van der Waals surface area contributed by atoms with Crippen molar-refractivity contribution in [3.63, 3.8) is 0 Å². The topological polar surface area (TPSA) is 108 Å². The molecule has 0 aliphatic carbocycles. The lowest BCUT2D eigenvalue weighted by atomic mass is 9.94. The lowest BCUT2D eigenvalue weighted by Crippen LogP contribution is -2.37. The van der Waals surface area contributed by atoms with Gasteiger partial charge < -0.3 is 23.2 Å². The second-order valence-corrected chi connectivity index (χ2v) is 21.3. The van der Waals surface area contributed by atoms with Crippen LogP contribution in [0.25, 0.3) is 0 Å². The van der Waals surface area contributed by atoms with E-state index in [0.717, 1.165) is 26.1 Å². The summed E-state index contributed by atoms with van der Waals surface area (Å²) in [6.07, 6.45) is -5.51. The average Bonchev–Trinajstić information content (AvgIpc) is 2.81. The van der Waals surface area contributed by atoms with Crippen molar-refractivity contribution < 1.29 is 50.0 Å². The van der Waals surface area contributed by atoms with Gasteiger partial charge in [0.05, 0.1) is 24.2 Å². The van der Waals surface area contributed by atoms with Gasteiger partial charge in [-0.25, -0.2) is 0 Å². The summed E-state index contributed by atoms with van der Waals surface area (Å²) in [6.45, 7) is 30.3. The van der Waals surface area contributed by atoms with Gasteiger partial charge >= 0.3 is 12.1 Å². The van der Waals surface area contributed by atoms with Crippen LogP contribution >= 0.6 is 22.1 Å². The molecule has 0 aromatic carbocycles. The third kappa shape index (κ3) is 29.6. The third-order valence-electron chi connectivity index (χ3n) is 6.11. The van der Waals surface area contributed by atoms with Crippen LogP contribution in [0, 0.1) is 17.8 Å². The van der Waals surface area contributed by atoms with Crippen LogP contribution in [0.1, 0.15) is 82.1 Å². The Kier molecular flexibility index (Phi) is 24.5. The van der Waals surface area contributed by atoms with Crippen molar-refractivity contribution in [2.75, 3.05) is 59.6 Å². The van der Waals surface area contributed by atoms with Gasteiger partial charge in [-0.2, -0.15) is 13.2 Å². The highest BCUT2D eigenvalue weighted by Crippen LogP contribution is 2.45. The number of carbonyl (C=O) groups excluding carboxylic acids is 1. The molecule has 0 aliphatic rings. The lowest BCUT2D eigenvalue weighted by Gasteiger charge is -2.28. The van der Waals surface area contributed by atoms with Crippen LogP contribution in [-0.2, 0) is 36.8 Å². The minimum Gasteiger partial charge on any atom is -0.463 e. The predicted molar refractivity (Wildman–Crippen MR) is 182 cm³/mol. The molecule has 0 amide bonds. The first-order valence-electron chi connectivity index (χ1n) is 15.7. The van der Waals surface area contributed by atoms with Crippen LogP contribution in [0.5, 0.6) is 0 Å². The van der Waals surface area contributed by atoms with E-state index in [1.165, 1.54) is 33.6 Å². The van der Waals surface area contributed by atoms with E-state index in [-0.39, 0.29) is 24.1 Å². The molecule has 0 fully saturated rings. The molecule has 274 valence electrons. The first kappa shape index (κ1) is 49.2. The van der Waals surface area contributed by atoms with Crippen LogP contribution in [0.2, 0.25) is 0 Å². The highest BCUT2D eigenvalue weighted by Gasteiger charge is 2.46. The second-order valence-electron chi connectivity index (χ2n) is 13.1. The summed E-state index contributed by atoms with van der Waals surface area (Å²) in [7, 11) is -8.04. The molecule has 0 saturated heterocycles.